The van der Waals surface area contributed by atoms with Gasteiger partial charge in [0.25, 0.3) is 0 Å². The van der Waals surface area contributed by atoms with Gasteiger partial charge >= 0.3 is 0 Å². The molecular weight excluding hydrogens is 364 g/mol. The molecule has 0 bridgehead atoms. The summed E-state index contributed by atoms with van der Waals surface area (Å²) in [6, 6.07) is 37.1. The van der Waals surface area contributed by atoms with Crippen molar-refractivity contribution in [1.82, 2.24) is 4.57 Å². The molecule has 0 aliphatic heterocycles. The zero-order valence-corrected chi connectivity index (χ0v) is 17.3. The highest BCUT2D eigenvalue weighted by atomic mass is 15.1. The normalized spacial score (nSPS) is 11.2. The van der Waals surface area contributed by atoms with Gasteiger partial charge in [-0.2, -0.15) is 0 Å². The number of nitrogens with zero attached hydrogens (tertiary/aromatic N) is 2. The van der Waals surface area contributed by atoms with Gasteiger partial charge in [-0.3, -0.25) is 0 Å². The molecule has 148 valence electrons. The van der Waals surface area contributed by atoms with Gasteiger partial charge in [0.05, 0.1) is 0 Å². The third kappa shape index (κ3) is 3.46. The zero-order valence-electron chi connectivity index (χ0n) is 17.3. The lowest BCUT2D eigenvalue weighted by Crippen LogP contribution is -2.22. The van der Waals surface area contributed by atoms with Crippen molar-refractivity contribution in [3.8, 4) is 0 Å². The predicted molar refractivity (Wildman–Crippen MR) is 128 cm³/mol. The van der Waals surface area contributed by atoms with Crippen LogP contribution in [0.2, 0.25) is 0 Å². The van der Waals surface area contributed by atoms with Crippen LogP contribution in [-0.2, 0) is 19.6 Å². The molecule has 1 aromatic heterocycles. The summed E-state index contributed by atoms with van der Waals surface area (Å²) in [4.78, 5) is 2.47. The summed E-state index contributed by atoms with van der Waals surface area (Å²) in [6.07, 6.45) is 0. The molecule has 0 saturated carbocycles. The highest BCUT2D eigenvalue weighted by Gasteiger charge is 2.13. The molecule has 0 aliphatic carbocycles. The summed E-state index contributed by atoms with van der Waals surface area (Å²) < 4.78 is 2.41. The van der Waals surface area contributed by atoms with E-state index in [-0.39, 0.29) is 0 Å². The number of fused-ring (bicyclic) bond motifs is 3. The summed E-state index contributed by atoms with van der Waals surface area (Å²) in [5, 5.41) is 2.66. The van der Waals surface area contributed by atoms with Crippen LogP contribution in [0.3, 0.4) is 0 Å². The number of hydrogen-bond donors (Lipinski definition) is 0. The minimum atomic E-state index is 0.883. The third-order valence-corrected chi connectivity index (χ3v) is 5.87. The van der Waals surface area contributed by atoms with Crippen LogP contribution in [0.15, 0.2) is 103 Å². The monoisotopic (exact) mass is 390 g/mol. The quantitative estimate of drug-likeness (QED) is 0.302. The molecule has 0 unspecified atom stereocenters. The first-order valence-electron chi connectivity index (χ1n) is 10.7. The molecule has 2 heteroatoms. The van der Waals surface area contributed by atoms with Crippen molar-refractivity contribution in [1.29, 1.82) is 0 Å². The van der Waals surface area contributed by atoms with Gasteiger partial charge in [-0.25, -0.2) is 0 Å². The minimum Gasteiger partial charge on any atom is -0.363 e. The average Bonchev–Trinajstić information content (AvgIpc) is 3.13. The molecule has 30 heavy (non-hydrogen) atoms. The van der Waals surface area contributed by atoms with E-state index in [0.29, 0.717) is 0 Å². The molecule has 2 nitrogen and oxygen atoms in total. The van der Waals surface area contributed by atoms with E-state index in [0.717, 1.165) is 19.6 Å². The lowest BCUT2D eigenvalue weighted by molar-refractivity contribution is 0.800. The molecule has 5 aromatic rings. The number of anilines is 1. The molecule has 0 spiro atoms. The van der Waals surface area contributed by atoms with Gasteiger partial charge in [0.15, 0.2) is 0 Å². The second kappa shape index (κ2) is 8.08. The fourth-order valence-corrected chi connectivity index (χ4v) is 4.43. The van der Waals surface area contributed by atoms with E-state index in [9.17, 15) is 0 Å². The largest absolute Gasteiger partial charge is 0.363 e. The van der Waals surface area contributed by atoms with Gasteiger partial charge in [0.1, 0.15) is 0 Å². The maximum absolute atomic E-state index is 2.47. The van der Waals surface area contributed by atoms with Crippen LogP contribution >= 0.6 is 0 Å². The zero-order chi connectivity index (χ0) is 20.3. The average molecular weight is 391 g/mol. The fourth-order valence-electron chi connectivity index (χ4n) is 4.43. The highest BCUT2D eigenvalue weighted by molar-refractivity contribution is 6.09. The van der Waals surface area contributed by atoms with Gasteiger partial charge in [0.2, 0.25) is 0 Å². The van der Waals surface area contributed by atoms with Crippen molar-refractivity contribution in [3.05, 3.63) is 114 Å². The Hall–Kier alpha value is -3.52. The Kier molecular flexibility index (Phi) is 4.98. The molecule has 0 radical (unpaired) electrons. The number of aromatic nitrogens is 1. The van der Waals surface area contributed by atoms with E-state index in [2.05, 4.69) is 120 Å². The van der Waals surface area contributed by atoms with Crippen molar-refractivity contribution in [2.75, 3.05) is 4.90 Å². The Morgan fingerprint density at radius 1 is 0.600 bits per heavy atom. The van der Waals surface area contributed by atoms with Crippen molar-refractivity contribution >= 4 is 27.5 Å². The number of aryl methyl sites for hydroxylation is 1. The molecule has 5 rings (SSSR count). The van der Waals surface area contributed by atoms with Crippen LogP contribution in [0.5, 0.6) is 0 Å². The number of para-hydroxylation sites is 1. The van der Waals surface area contributed by atoms with Gasteiger partial charge in [0, 0.05) is 47.1 Å². The first-order chi connectivity index (χ1) is 14.8. The first-order valence-corrected chi connectivity index (χ1v) is 10.7. The van der Waals surface area contributed by atoms with Crippen molar-refractivity contribution in [2.45, 2.75) is 26.6 Å². The second-order valence-electron chi connectivity index (χ2n) is 7.79. The lowest BCUT2D eigenvalue weighted by atomic mass is 10.1. The predicted octanol–water partition coefficient (Wildman–Crippen LogP) is 7.02. The van der Waals surface area contributed by atoms with Gasteiger partial charge in [-0.15, -0.1) is 0 Å². The Bertz CT molecular complexity index is 1230. The maximum Gasteiger partial charge on any atom is 0.0492 e. The third-order valence-electron chi connectivity index (χ3n) is 5.87. The molecule has 0 fully saturated rings. The molecule has 4 aromatic carbocycles. The van der Waals surface area contributed by atoms with Crippen LogP contribution < -0.4 is 4.90 Å². The SMILES string of the molecule is CCn1c2ccccc2c2cc(N(Cc3ccccc3)Cc3ccccc3)ccc21. The summed E-state index contributed by atoms with van der Waals surface area (Å²) in [5.41, 5.74) is 6.52. The molecule has 1 heterocycles. The second-order valence-corrected chi connectivity index (χ2v) is 7.79. The number of rotatable bonds is 6. The molecule has 0 saturated heterocycles. The van der Waals surface area contributed by atoms with Crippen molar-refractivity contribution in [2.24, 2.45) is 0 Å². The van der Waals surface area contributed by atoms with Crippen LogP contribution in [-0.4, -0.2) is 4.57 Å². The molecule has 0 amide bonds. The minimum absolute atomic E-state index is 0.883. The Morgan fingerprint density at radius 2 is 1.17 bits per heavy atom. The van der Waals surface area contributed by atoms with E-state index < -0.39 is 0 Å². The topological polar surface area (TPSA) is 8.17 Å². The van der Waals surface area contributed by atoms with Crippen LogP contribution in [0, 0.1) is 0 Å². The number of benzene rings is 4. The smallest absolute Gasteiger partial charge is 0.0492 e. The van der Waals surface area contributed by atoms with E-state index in [1.807, 2.05) is 0 Å². The Labute approximate surface area is 178 Å². The first kappa shape index (κ1) is 18.5. The van der Waals surface area contributed by atoms with Crippen LogP contribution in [0.4, 0.5) is 5.69 Å². The van der Waals surface area contributed by atoms with E-state index in [1.54, 1.807) is 0 Å². The van der Waals surface area contributed by atoms with Gasteiger partial charge < -0.3 is 9.47 Å². The number of hydrogen-bond acceptors (Lipinski definition) is 1. The standard InChI is InChI=1S/C28H26N2/c1-2-30-27-16-10-9-15-25(27)26-19-24(17-18-28(26)30)29(20-22-11-5-3-6-12-22)21-23-13-7-4-8-14-23/h3-19H,2,20-21H2,1H3. The van der Waals surface area contributed by atoms with Crippen molar-refractivity contribution in [3.63, 3.8) is 0 Å². The maximum atomic E-state index is 2.47. The van der Waals surface area contributed by atoms with E-state index in [1.165, 1.54) is 38.6 Å². The molecule has 0 atom stereocenters. The van der Waals surface area contributed by atoms with Gasteiger partial charge in [-0.05, 0) is 42.3 Å². The van der Waals surface area contributed by atoms with E-state index in [4.69, 9.17) is 0 Å². The Morgan fingerprint density at radius 3 is 1.80 bits per heavy atom. The summed E-state index contributed by atoms with van der Waals surface area (Å²) in [6.45, 7) is 4.96. The van der Waals surface area contributed by atoms with Gasteiger partial charge in [-0.1, -0.05) is 78.9 Å². The van der Waals surface area contributed by atoms with Crippen LogP contribution in [0.25, 0.3) is 21.8 Å². The van der Waals surface area contributed by atoms with E-state index >= 15 is 0 Å². The summed E-state index contributed by atoms with van der Waals surface area (Å²) >= 11 is 0. The molecule has 0 aliphatic rings. The fraction of sp³-hybridized carbons (Fsp3) is 0.143. The Balaban J connectivity index is 1.61. The summed E-state index contributed by atoms with van der Waals surface area (Å²) in [7, 11) is 0. The van der Waals surface area contributed by atoms with Crippen molar-refractivity contribution < 1.29 is 0 Å². The highest BCUT2D eigenvalue weighted by Crippen LogP contribution is 2.33. The summed E-state index contributed by atoms with van der Waals surface area (Å²) in [5.74, 6) is 0. The molecular formula is C28H26N2. The van der Waals surface area contributed by atoms with Crippen LogP contribution in [0.1, 0.15) is 18.1 Å². The molecule has 0 N–H and O–H groups in total. The lowest BCUT2D eigenvalue weighted by Gasteiger charge is -2.25.